The lowest BCUT2D eigenvalue weighted by molar-refractivity contribution is -0.117. The van der Waals surface area contributed by atoms with Crippen molar-refractivity contribution in [3.05, 3.63) is 72.3 Å². The van der Waals surface area contributed by atoms with E-state index in [0.29, 0.717) is 33.7 Å². The van der Waals surface area contributed by atoms with Crippen molar-refractivity contribution < 1.29 is 23.1 Å². The zero-order chi connectivity index (χ0) is 30.4. The first-order chi connectivity index (χ1) is 20.8. The summed E-state index contributed by atoms with van der Waals surface area (Å²) in [4.78, 5) is 26.3. The third kappa shape index (κ3) is 7.56. The Hall–Kier alpha value is -4.30. The Balaban J connectivity index is 1.37. The minimum absolute atomic E-state index is 0.0206. The lowest BCUT2D eigenvalue weighted by atomic mass is 10.2. The van der Waals surface area contributed by atoms with E-state index in [1.807, 2.05) is 6.07 Å². The summed E-state index contributed by atoms with van der Waals surface area (Å²) in [5.74, 6) is 0.437. The minimum atomic E-state index is -4.14. The highest BCUT2D eigenvalue weighted by molar-refractivity contribution is 7.92. The maximum absolute atomic E-state index is 13.6. The second-order valence-electron chi connectivity index (χ2n) is 10.2. The van der Waals surface area contributed by atoms with E-state index < -0.39 is 10.0 Å². The molecule has 0 aliphatic carbocycles. The van der Waals surface area contributed by atoms with Crippen LogP contribution in [0.4, 0.5) is 23.0 Å². The zero-order valence-corrected chi connectivity index (χ0v) is 24.9. The molecule has 0 saturated carbocycles. The van der Waals surface area contributed by atoms with Crippen LogP contribution in [0.3, 0.4) is 0 Å². The van der Waals surface area contributed by atoms with Crippen molar-refractivity contribution in [1.82, 2.24) is 19.8 Å². The zero-order valence-electron chi connectivity index (χ0n) is 24.1. The van der Waals surface area contributed by atoms with E-state index in [2.05, 4.69) is 42.0 Å². The highest BCUT2D eigenvalue weighted by Crippen LogP contribution is 2.30. The number of nitrogens with zero attached hydrogens (tertiary/aromatic N) is 4. The second-order valence-corrected chi connectivity index (χ2v) is 11.8. The van der Waals surface area contributed by atoms with Gasteiger partial charge in [0.1, 0.15) is 5.75 Å². The summed E-state index contributed by atoms with van der Waals surface area (Å²) in [5, 5.41) is 15.6. The number of ether oxygens (including phenoxy) is 1. The van der Waals surface area contributed by atoms with Crippen molar-refractivity contribution in [2.45, 2.75) is 18.4 Å². The highest BCUT2D eigenvalue weighted by Gasteiger charge is 2.21. The van der Waals surface area contributed by atoms with Gasteiger partial charge in [-0.2, -0.15) is 0 Å². The molecule has 0 spiro atoms. The van der Waals surface area contributed by atoms with E-state index in [-0.39, 0.29) is 35.6 Å². The molecule has 0 unspecified atom stereocenters. The van der Waals surface area contributed by atoms with Crippen LogP contribution in [-0.4, -0.2) is 85.6 Å². The number of carbonyl (C=O) groups excluding carboxylic acids is 1. The number of piperazine rings is 1. The predicted molar refractivity (Wildman–Crippen MR) is 166 cm³/mol. The standard InChI is InChI=1S/C30H35N7O5S/c1-3-36-11-13-37(14-12-36)19-28(39)31-22-7-6-8-25(18-22)43(40,41)35-30-29(33-26-9-4-5-10-27(26)34-30)32-23-15-21(20-38)16-24(17-23)42-2/h4-10,15-18,38H,3,11-14,19-20H2,1-2H3,(H,31,39)(H,32,33)(H,34,35). The first-order valence-corrected chi connectivity index (χ1v) is 15.4. The van der Waals surface area contributed by atoms with Crippen LogP contribution in [0.2, 0.25) is 0 Å². The molecule has 1 amide bonds. The molecule has 4 N–H and O–H groups in total. The van der Waals surface area contributed by atoms with Gasteiger partial charge in [0.05, 0.1) is 36.2 Å². The molecule has 0 radical (unpaired) electrons. The topological polar surface area (TPSA) is 149 Å². The van der Waals surface area contributed by atoms with Crippen molar-refractivity contribution in [2.75, 3.05) is 61.7 Å². The van der Waals surface area contributed by atoms with Gasteiger partial charge in [0.15, 0.2) is 11.6 Å². The maximum Gasteiger partial charge on any atom is 0.263 e. The molecule has 1 aromatic heterocycles. The van der Waals surface area contributed by atoms with Gasteiger partial charge in [-0.15, -0.1) is 0 Å². The first kappa shape index (κ1) is 30.2. The first-order valence-electron chi connectivity index (χ1n) is 14.0. The Kier molecular flexibility index (Phi) is 9.36. The summed E-state index contributed by atoms with van der Waals surface area (Å²) in [7, 11) is -2.63. The fourth-order valence-electron chi connectivity index (χ4n) is 4.83. The summed E-state index contributed by atoms with van der Waals surface area (Å²) >= 11 is 0. The van der Waals surface area contributed by atoms with E-state index in [0.717, 1.165) is 32.7 Å². The summed E-state index contributed by atoms with van der Waals surface area (Å²) in [6.45, 7) is 6.57. The van der Waals surface area contributed by atoms with Crippen molar-refractivity contribution in [1.29, 1.82) is 0 Å². The normalized spacial score (nSPS) is 14.4. The molecule has 226 valence electrons. The molecule has 3 aromatic carbocycles. The number of aromatic nitrogens is 2. The van der Waals surface area contributed by atoms with Crippen molar-refractivity contribution in [3.63, 3.8) is 0 Å². The number of hydrogen-bond acceptors (Lipinski definition) is 10. The van der Waals surface area contributed by atoms with Gasteiger partial charge in [0.2, 0.25) is 5.91 Å². The fourth-order valence-corrected chi connectivity index (χ4v) is 5.89. The molecule has 0 bridgehead atoms. The summed E-state index contributed by atoms with van der Waals surface area (Å²) in [5.41, 5.74) is 2.54. The Labute approximate surface area is 250 Å². The summed E-state index contributed by atoms with van der Waals surface area (Å²) in [6.07, 6.45) is 0. The molecule has 2 heterocycles. The molecule has 43 heavy (non-hydrogen) atoms. The molecule has 1 saturated heterocycles. The van der Waals surface area contributed by atoms with Crippen molar-refractivity contribution in [2.24, 2.45) is 0 Å². The Morgan fingerprint density at radius 2 is 1.60 bits per heavy atom. The predicted octanol–water partition coefficient (Wildman–Crippen LogP) is 3.25. The number of para-hydroxylation sites is 2. The minimum Gasteiger partial charge on any atom is -0.497 e. The number of likely N-dealkylation sites (N-methyl/N-ethyl adjacent to an activating group) is 1. The molecule has 4 aromatic rings. The van der Waals surface area contributed by atoms with E-state index in [1.165, 1.54) is 19.2 Å². The van der Waals surface area contributed by atoms with Gasteiger partial charge >= 0.3 is 0 Å². The third-order valence-corrected chi connectivity index (χ3v) is 8.49. The van der Waals surface area contributed by atoms with Crippen LogP contribution in [0.5, 0.6) is 5.75 Å². The highest BCUT2D eigenvalue weighted by atomic mass is 32.2. The number of rotatable bonds is 11. The van der Waals surface area contributed by atoms with Gasteiger partial charge in [-0.1, -0.05) is 25.1 Å². The Morgan fingerprint density at radius 1 is 0.907 bits per heavy atom. The smallest absolute Gasteiger partial charge is 0.263 e. The number of aliphatic hydroxyl groups is 1. The molecule has 1 aliphatic heterocycles. The van der Waals surface area contributed by atoms with Gasteiger partial charge < -0.3 is 25.4 Å². The average Bonchev–Trinajstić information content (AvgIpc) is 3.01. The number of hydrogen-bond donors (Lipinski definition) is 4. The molecular weight excluding hydrogens is 570 g/mol. The molecule has 5 rings (SSSR count). The number of amides is 1. The molecule has 1 fully saturated rings. The van der Waals surface area contributed by atoms with Gasteiger partial charge in [0, 0.05) is 43.6 Å². The van der Waals surface area contributed by atoms with Gasteiger partial charge in [0.25, 0.3) is 10.0 Å². The van der Waals surface area contributed by atoms with Gasteiger partial charge in [-0.05, 0) is 54.6 Å². The van der Waals surface area contributed by atoms with E-state index in [1.54, 1.807) is 48.5 Å². The van der Waals surface area contributed by atoms with Crippen molar-refractivity contribution >= 4 is 50.0 Å². The number of methoxy groups -OCH3 is 1. The maximum atomic E-state index is 13.6. The van der Waals surface area contributed by atoms with Crippen LogP contribution in [0, 0.1) is 0 Å². The molecule has 12 nitrogen and oxygen atoms in total. The Bertz CT molecular complexity index is 1690. The lowest BCUT2D eigenvalue weighted by Crippen LogP contribution is -2.48. The number of aliphatic hydroxyl groups excluding tert-OH is 1. The monoisotopic (exact) mass is 605 g/mol. The number of sulfonamides is 1. The Morgan fingerprint density at radius 3 is 2.28 bits per heavy atom. The van der Waals surface area contributed by atoms with E-state index in [4.69, 9.17) is 4.74 Å². The average molecular weight is 606 g/mol. The molecular formula is C30H35N7O5S. The van der Waals surface area contributed by atoms with Crippen LogP contribution in [-0.2, 0) is 21.4 Å². The van der Waals surface area contributed by atoms with Crippen LogP contribution >= 0.6 is 0 Å². The van der Waals surface area contributed by atoms with Crippen LogP contribution < -0.4 is 20.1 Å². The van der Waals surface area contributed by atoms with Gasteiger partial charge in [-0.25, -0.2) is 18.4 Å². The number of nitrogens with one attached hydrogen (secondary N) is 3. The number of anilines is 4. The third-order valence-electron chi connectivity index (χ3n) is 7.16. The molecule has 1 aliphatic rings. The van der Waals surface area contributed by atoms with E-state index >= 15 is 0 Å². The molecule has 0 atom stereocenters. The SMILES string of the molecule is CCN1CCN(CC(=O)Nc2cccc(S(=O)(=O)Nc3nc4ccccc4nc3Nc3cc(CO)cc(OC)c3)c2)CC1. The van der Waals surface area contributed by atoms with Crippen LogP contribution in [0.25, 0.3) is 11.0 Å². The second kappa shape index (κ2) is 13.3. The van der Waals surface area contributed by atoms with Crippen LogP contribution in [0.15, 0.2) is 71.6 Å². The lowest BCUT2D eigenvalue weighted by Gasteiger charge is -2.33. The summed E-state index contributed by atoms with van der Waals surface area (Å²) < 4.78 is 35.0. The number of fused-ring (bicyclic) bond motifs is 1. The van der Waals surface area contributed by atoms with Crippen LogP contribution in [0.1, 0.15) is 12.5 Å². The number of benzene rings is 3. The fraction of sp³-hybridized carbons (Fsp3) is 0.300. The van der Waals surface area contributed by atoms with E-state index in [9.17, 15) is 18.3 Å². The largest absolute Gasteiger partial charge is 0.497 e. The quantitative estimate of drug-likeness (QED) is 0.201. The molecule has 13 heteroatoms. The number of carbonyl (C=O) groups is 1. The van der Waals surface area contributed by atoms with Gasteiger partial charge in [-0.3, -0.25) is 14.4 Å². The summed E-state index contributed by atoms with van der Waals surface area (Å²) in [6, 6.07) is 18.3. The van der Waals surface area contributed by atoms with Crippen molar-refractivity contribution in [3.8, 4) is 5.75 Å².